The van der Waals surface area contributed by atoms with Crippen molar-refractivity contribution in [2.45, 2.75) is 58.9 Å². The smallest absolute Gasteiger partial charge is 0.295 e. The van der Waals surface area contributed by atoms with Gasteiger partial charge in [0.25, 0.3) is 11.7 Å². The van der Waals surface area contributed by atoms with Gasteiger partial charge in [0.1, 0.15) is 11.5 Å². The summed E-state index contributed by atoms with van der Waals surface area (Å²) >= 11 is 0. The molecule has 1 unspecified atom stereocenters. The number of hydrogen-bond donors (Lipinski definition) is 1. The van der Waals surface area contributed by atoms with Gasteiger partial charge in [-0.15, -0.1) is 0 Å². The molecular formula is C31H41NO7. The highest BCUT2D eigenvalue weighted by Gasteiger charge is 2.46. The Morgan fingerprint density at radius 3 is 2.28 bits per heavy atom. The Morgan fingerprint density at radius 1 is 0.846 bits per heavy atom. The van der Waals surface area contributed by atoms with Crippen LogP contribution in [0.4, 0.5) is 0 Å². The second-order valence-corrected chi connectivity index (χ2v) is 9.41. The number of benzene rings is 2. The van der Waals surface area contributed by atoms with Crippen LogP contribution in [0.1, 0.15) is 70.0 Å². The van der Waals surface area contributed by atoms with Gasteiger partial charge in [0.05, 0.1) is 31.4 Å². The van der Waals surface area contributed by atoms with E-state index in [0.717, 1.165) is 25.7 Å². The van der Waals surface area contributed by atoms with Gasteiger partial charge >= 0.3 is 0 Å². The van der Waals surface area contributed by atoms with E-state index >= 15 is 0 Å². The number of nitrogens with zero attached hydrogens (tertiary/aromatic N) is 1. The minimum atomic E-state index is -0.786. The summed E-state index contributed by atoms with van der Waals surface area (Å²) in [6.07, 6.45) is 4.52. The molecule has 2 aromatic rings. The standard InChI is InChI=1S/C31H41NO7/c1-5-8-9-20-39-25-16-13-23(21-26(25)37-7-3)28-27(30(34)31(35)32(28)17-10-19-36-4)29(33)22-11-14-24(15-12-22)38-18-6-2/h11-16,21,28,33H,5-10,17-20H2,1-4H3/b29-27+. The average molecular weight is 540 g/mol. The summed E-state index contributed by atoms with van der Waals surface area (Å²) in [5.74, 6) is 0.202. The molecule has 3 rings (SSSR count). The molecule has 0 spiro atoms. The van der Waals surface area contributed by atoms with Crippen molar-refractivity contribution in [3.63, 3.8) is 0 Å². The summed E-state index contributed by atoms with van der Waals surface area (Å²) < 4.78 is 22.7. The molecule has 1 aliphatic rings. The highest BCUT2D eigenvalue weighted by Crippen LogP contribution is 2.42. The van der Waals surface area contributed by atoms with Crippen LogP contribution in [-0.4, -0.2) is 61.8 Å². The normalized spacial score (nSPS) is 16.5. The summed E-state index contributed by atoms with van der Waals surface area (Å²) in [5.41, 5.74) is 1.12. The Bertz CT molecular complexity index is 1130. The molecule has 1 N–H and O–H groups in total. The lowest BCUT2D eigenvalue weighted by Crippen LogP contribution is -2.31. The fourth-order valence-corrected chi connectivity index (χ4v) is 4.54. The van der Waals surface area contributed by atoms with Crippen molar-refractivity contribution < 1.29 is 33.6 Å². The van der Waals surface area contributed by atoms with Gasteiger partial charge in [0, 0.05) is 25.8 Å². The second kappa shape index (κ2) is 15.2. The maximum absolute atomic E-state index is 13.3. The Balaban J connectivity index is 2.04. The second-order valence-electron chi connectivity index (χ2n) is 9.41. The number of ether oxygens (including phenoxy) is 4. The van der Waals surface area contributed by atoms with E-state index in [1.807, 2.05) is 19.9 Å². The zero-order valence-corrected chi connectivity index (χ0v) is 23.5. The number of carbonyl (C=O) groups excluding carboxylic acids is 2. The van der Waals surface area contributed by atoms with Crippen molar-refractivity contribution in [3.05, 3.63) is 59.2 Å². The predicted octanol–water partition coefficient (Wildman–Crippen LogP) is 5.90. The van der Waals surface area contributed by atoms with Crippen LogP contribution in [0.3, 0.4) is 0 Å². The number of methoxy groups -OCH3 is 1. The van der Waals surface area contributed by atoms with Crippen molar-refractivity contribution in [3.8, 4) is 17.2 Å². The lowest BCUT2D eigenvalue weighted by molar-refractivity contribution is -0.140. The summed E-state index contributed by atoms with van der Waals surface area (Å²) in [6, 6.07) is 11.5. The van der Waals surface area contributed by atoms with Gasteiger partial charge in [-0.1, -0.05) is 32.8 Å². The zero-order valence-electron chi connectivity index (χ0n) is 23.5. The number of Topliss-reactive ketones (excluding diaryl/α,β-unsaturated/α-hetero) is 1. The van der Waals surface area contributed by atoms with E-state index in [2.05, 4.69) is 6.92 Å². The molecular weight excluding hydrogens is 498 g/mol. The minimum Gasteiger partial charge on any atom is -0.507 e. The molecule has 212 valence electrons. The average Bonchev–Trinajstić information content (AvgIpc) is 3.20. The number of unbranched alkanes of at least 4 members (excludes halogenated alkanes) is 2. The van der Waals surface area contributed by atoms with E-state index in [0.29, 0.717) is 67.8 Å². The molecule has 1 heterocycles. The molecule has 0 radical (unpaired) electrons. The fourth-order valence-electron chi connectivity index (χ4n) is 4.54. The number of rotatable bonds is 16. The highest BCUT2D eigenvalue weighted by molar-refractivity contribution is 6.46. The first-order valence-electron chi connectivity index (χ1n) is 13.9. The third kappa shape index (κ3) is 7.53. The van der Waals surface area contributed by atoms with Crippen LogP contribution < -0.4 is 14.2 Å². The fraction of sp³-hybridized carbons (Fsp3) is 0.484. The molecule has 0 bridgehead atoms. The van der Waals surface area contributed by atoms with Crippen LogP contribution in [0.15, 0.2) is 48.0 Å². The van der Waals surface area contributed by atoms with E-state index in [4.69, 9.17) is 18.9 Å². The monoisotopic (exact) mass is 539 g/mol. The number of carbonyl (C=O) groups is 2. The van der Waals surface area contributed by atoms with Crippen molar-refractivity contribution >= 4 is 17.4 Å². The topological polar surface area (TPSA) is 94.5 Å². The SMILES string of the molecule is CCCCCOc1ccc(C2/C(=C(\O)c3ccc(OCCC)cc3)C(=O)C(=O)N2CCCOC)cc1OCC. The number of ketones is 1. The number of amides is 1. The quantitative estimate of drug-likeness (QED) is 0.123. The van der Waals surface area contributed by atoms with Gasteiger partial charge < -0.3 is 29.0 Å². The van der Waals surface area contributed by atoms with Crippen molar-refractivity contribution in [1.29, 1.82) is 0 Å². The first kappa shape index (κ1) is 30.0. The molecule has 1 atom stereocenters. The number of hydrogen-bond acceptors (Lipinski definition) is 7. The van der Waals surface area contributed by atoms with Gasteiger partial charge in [-0.3, -0.25) is 9.59 Å². The van der Waals surface area contributed by atoms with Crippen LogP contribution in [0.5, 0.6) is 17.2 Å². The molecule has 1 fully saturated rings. The lowest BCUT2D eigenvalue weighted by atomic mass is 9.95. The summed E-state index contributed by atoms with van der Waals surface area (Å²) in [4.78, 5) is 28.0. The number of aliphatic hydroxyl groups excluding tert-OH is 1. The summed E-state index contributed by atoms with van der Waals surface area (Å²) in [7, 11) is 1.59. The molecule has 0 aromatic heterocycles. The lowest BCUT2D eigenvalue weighted by Gasteiger charge is -2.26. The largest absolute Gasteiger partial charge is 0.507 e. The van der Waals surface area contributed by atoms with Crippen LogP contribution in [-0.2, 0) is 14.3 Å². The number of aliphatic hydroxyl groups is 1. The summed E-state index contributed by atoms with van der Waals surface area (Å²) in [5, 5.41) is 11.3. The Kier molecular flexibility index (Phi) is 11.7. The zero-order chi connectivity index (χ0) is 28.2. The Morgan fingerprint density at radius 2 is 1.62 bits per heavy atom. The third-order valence-electron chi connectivity index (χ3n) is 6.48. The first-order valence-corrected chi connectivity index (χ1v) is 13.9. The first-order chi connectivity index (χ1) is 19.0. The highest BCUT2D eigenvalue weighted by atomic mass is 16.5. The van der Waals surface area contributed by atoms with E-state index in [1.165, 1.54) is 4.90 Å². The Hall–Kier alpha value is -3.52. The Labute approximate surface area is 231 Å². The number of likely N-dealkylation sites (tertiary alicyclic amines) is 1. The van der Waals surface area contributed by atoms with Gasteiger partial charge in [0.15, 0.2) is 11.5 Å². The maximum atomic E-state index is 13.3. The summed E-state index contributed by atoms with van der Waals surface area (Å²) in [6.45, 7) is 8.35. The van der Waals surface area contributed by atoms with E-state index in [1.54, 1.807) is 43.5 Å². The molecule has 0 saturated carbocycles. The maximum Gasteiger partial charge on any atom is 0.295 e. The van der Waals surface area contributed by atoms with E-state index in [9.17, 15) is 14.7 Å². The van der Waals surface area contributed by atoms with Gasteiger partial charge in [-0.2, -0.15) is 0 Å². The van der Waals surface area contributed by atoms with Crippen molar-refractivity contribution in [2.24, 2.45) is 0 Å². The molecule has 8 nitrogen and oxygen atoms in total. The van der Waals surface area contributed by atoms with Crippen LogP contribution >= 0.6 is 0 Å². The molecule has 1 amide bonds. The third-order valence-corrected chi connectivity index (χ3v) is 6.48. The molecule has 2 aromatic carbocycles. The molecule has 0 aliphatic carbocycles. The van der Waals surface area contributed by atoms with Crippen molar-refractivity contribution in [2.75, 3.05) is 40.1 Å². The van der Waals surface area contributed by atoms with E-state index < -0.39 is 17.7 Å². The minimum absolute atomic E-state index is 0.0405. The van der Waals surface area contributed by atoms with Crippen LogP contribution in [0, 0.1) is 0 Å². The van der Waals surface area contributed by atoms with Crippen molar-refractivity contribution in [1.82, 2.24) is 4.90 Å². The van der Waals surface area contributed by atoms with Gasteiger partial charge in [0.2, 0.25) is 0 Å². The van der Waals surface area contributed by atoms with E-state index in [-0.39, 0.29) is 11.3 Å². The van der Waals surface area contributed by atoms with Crippen LogP contribution in [0.25, 0.3) is 5.76 Å². The molecule has 1 saturated heterocycles. The van der Waals surface area contributed by atoms with Gasteiger partial charge in [-0.05, 0) is 68.1 Å². The molecule has 1 aliphatic heterocycles. The predicted molar refractivity (Wildman–Crippen MR) is 150 cm³/mol. The molecule has 8 heteroatoms. The molecule has 39 heavy (non-hydrogen) atoms. The van der Waals surface area contributed by atoms with Crippen LogP contribution in [0.2, 0.25) is 0 Å². The van der Waals surface area contributed by atoms with Gasteiger partial charge in [-0.25, -0.2) is 0 Å².